The van der Waals surface area contributed by atoms with Gasteiger partial charge in [0.2, 0.25) is 11.8 Å². The molecule has 0 aliphatic carbocycles. The van der Waals surface area contributed by atoms with Crippen LogP contribution in [0.4, 0.5) is 11.4 Å². The van der Waals surface area contributed by atoms with Gasteiger partial charge in [-0.3, -0.25) is 19.1 Å². The Balaban J connectivity index is 1.45. The van der Waals surface area contributed by atoms with Gasteiger partial charge in [-0.05, 0) is 36.4 Å². The van der Waals surface area contributed by atoms with E-state index >= 15 is 0 Å². The van der Waals surface area contributed by atoms with E-state index in [0.717, 1.165) is 5.76 Å². The summed E-state index contributed by atoms with van der Waals surface area (Å²) in [5, 5.41) is 14.5. The van der Waals surface area contributed by atoms with Gasteiger partial charge in [0.1, 0.15) is 11.5 Å². The number of hydrogen-bond donors (Lipinski definition) is 2. The first-order valence-corrected chi connectivity index (χ1v) is 10.6. The lowest BCUT2D eigenvalue weighted by atomic mass is 10.3. The molecule has 2 N–H and O–H groups in total. The summed E-state index contributed by atoms with van der Waals surface area (Å²) >= 11 is 1.25. The van der Waals surface area contributed by atoms with Crippen LogP contribution in [0.25, 0.3) is 11.5 Å². The van der Waals surface area contributed by atoms with Crippen LogP contribution in [0.3, 0.4) is 0 Å². The number of anilines is 2. The lowest BCUT2D eigenvalue weighted by Gasteiger charge is -2.09. The van der Waals surface area contributed by atoms with Gasteiger partial charge in [0, 0.05) is 30.7 Å². The monoisotopic (exact) mass is 449 g/mol. The molecule has 0 spiro atoms. The molecule has 3 heterocycles. The third-order valence-electron chi connectivity index (χ3n) is 4.22. The van der Waals surface area contributed by atoms with Crippen LogP contribution in [-0.2, 0) is 16.1 Å². The van der Waals surface area contributed by atoms with E-state index in [0.29, 0.717) is 34.6 Å². The fourth-order valence-electron chi connectivity index (χ4n) is 2.87. The van der Waals surface area contributed by atoms with Crippen molar-refractivity contribution in [1.82, 2.24) is 24.7 Å². The van der Waals surface area contributed by atoms with Gasteiger partial charge < -0.3 is 15.1 Å². The van der Waals surface area contributed by atoms with E-state index in [4.69, 9.17) is 4.42 Å². The highest BCUT2D eigenvalue weighted by Crippen LogP contribution is 2.24. The maximum Gasteiger partial charge on any atom is 0.234 e. The summed E-state index contributed by atoms with van der Waals surface area (Å²) in [5.41, 5.74) is 1.86. The normalized spacial score (nSPS) is 10.7. The molecule has 10 nitrogen and oxygen atoms in total. The van der Waals surface area contributed by atoms with Gasteiger partial charge in [0.25, 0.3) is 0 Å². The molecule has 1 aromatic carbocycles. The van der Waals surface area contributed by atoms with Crippen molar-refractivity contribution in [3.05, 3.63) is 67.0 Å². The smallest absolute Gasteiger partial charge is 0.234 e. The predicted molar refractivity (Wildman–Crippen MR) is 119 cm³/mol. The van der Waals surface area contributed by atoms with Crippen LogP contribution in [0.15, 0.2) is 70.8 Å². The molecule has 0 unspecified atom stereocenters. The predicted octanol–water partition coefficient (Wildman–Crippen LogP) is 3.07. The van der Waals surface area contributed by atoms with Gasteiger partial charge in [0.05, 0.1) is 24.8 Å². The standard InChI is InChI=1S/C21H19N7O3S/c1-14(29)24-15-4-6-16(7-5-15)25-19(30)13-32-21-27-26-20(18-11-22-8-9-23-18)28(21)12-17-3-2-10-31-17/h2-11H,12-13H2,1H3,(H,24,29)(H,25,30). The molecule has 4 aromatic rings. The van der Waals surface area contributed by atoms with E-state index in [1.165, 1.54) is 18.7 Å². The van der Waals surface area contributed by atoms with E-state index in [-0.39, 0.29) is 17.6 Å². The molecule has 0 bridgehead atoms. The summed E-state index contributed by atoms with van der Waals surface area (Å²) in [5.74, 6) is 1.03. The Bertz CT molecular complexity index is 1190. The molecule has 2 amide bonds. The second-order valence-corrected chi connectivity index (χ2v) is 7.60. The minimum Gasteiger partial charge on any atom is -0.467 e. The minimum absolute atomic E-state index is 0.129. The van der Waals surface area contributed by atoms with Crippen molar-refractivity contribution in [2.45, 2.75) is 18.6 Å². The zero-order valence-electron chi connectivity index (χ0n) is 17.1. The lowest BCUT2D eigenvalue weighted by Crippen LogP contribution is -2.15. The van der Waals surface area contributed by atoms with Crippen LogP contribution in [-0.4, -0.2) is 42.3 Å². The Morgan fingerprint density at radius 3 is 2.50 bits per heavy atom. The number of aromatic nitrogens is 5. The zero-order valence-corrected chi connectivity index (χ0v) is 17.9. The number of benzene rings is 1. The third-order valence-corrected chi connectivity index (χ3v) is 5.19. The molecule has 0 saturated carbocycles. The molecule has 11 heteroatoms. The van der Waals surface area contributed by atoms with Gasteiger partial charge >= 0.3 is 0 Å². The number of nitrogens with one attached hydrogen (secondary N) is 2. The first kappa shape index (κ1) is 21.2. The number of carbonyl (C=O) groups excluding carboxylic acids is 2. The molecule has 0 saturated heterocycles. The second kappa shape index (κ2) is 9.88. The number of furan rings is 1. The van der Waals surface area contributed by atoms with Crippen LogP contribution in [0.2, 0.25) is 0 Å². The lowest BCUT2D eigenvalue weighted by molar-refractivity contribution is -0.114. The SMILES string of the molecule is CC(=O)Nc1ccc(NC(=O)CSc2nnc(-c3cnccn3)n2Cc2ccco2)cc1. The molecule has 32 heavy (non-hydrogen) atoms. The molecule has 4 rings (SSSR count). The highest BCUT2D eigenvalue weighted by atomic mass is 32.2. The molecular formula is C21H19N7O3S. The van der Waals surface area contributed by atoms with Crippen molar-refractivity contribution in [2.75, 3.05) is 16.4 Å². The first-order chi connectivity index (χ1) is 15.6. The van der Waals surface area contributed by atoms with Gasteiger partial charge in [-0.2, -0.15) is 0 Å². The average Bonchev–Trinajstić information content (AvgIpc) is 3.44. The van der Waals surface area contributed by atoms with Gasteiger partial charge in [0.15, 0.2) is 11.0 Å². The number of rotatable bonds is 8. The molecule has 0 aliphatic rings. The van der Waals surface area contributed by atoms with Crippen LogP contribution in [0.5, 0.6) is 0 Å². The Morgan fingerprint density at radius 1 is 1.06 bits per heavy atom. The summed E-state index contributed by atoms with van der Waals surface area (Å²) in [7, 11) is 0. The summed E-state index contributed by atoms with van der Waals surface area (Å²) in [6, 6.07) is 10.5. The molecule has 3 aromatic heterocycles. The Labute approximate surface area is 187 Å². The van der Waals surface area contributed by atoms with Crippen LogP contribution < -0.4 is 10.6 Å². The topological polar surface area (TPSA) is 128 Å². The molecular weight excluding hydrogens is 430 g/mol. The Kier molecular flexibility index (Phi) is 6.56. The Morgan fingerprint density at radius 2 is 1.84 bits per heavy atom. The molecule has 0 aliphatic heterocycles. The van der Waals surface area contributed by atoms with Crippen LogP contribution >= 0.6 is 11.8 Å². The van der Waals surface area contributed by atoms with Crippen molar-refractivity contribution < 1.29 is 14.0 Å². The van der Waals surface area contributed by atoms with Crippen LogP contribution in [0, 0.1) is 0 Å². The quantitative estimate of drug-likeness (QED) is 0.393. The van der Waals surface area contributed by atoms with E-state index < -0.39 is 0 Å². The molecule has 0 radical (unpaired) electrons. The fourth-order valence-corrected chi connectivity index (χ4v) is 3.61. The van der Waals surface area contributed by atoms with Crippen molar-refractivity contribution in [2.24, 2.45) is 0 Å². The van der Waals surface area contributed by atoms with E-state index in [2.05, 4.69) is 30.8 Å². The van der Waals surface area contributed by atoms with Crippen molar-refractivity contribution >= 4 is 35.0 Å². The van der Waals surface area contributed by atoms with E-state index in [9.17, 15) is 9.59 Å². The van der Waals surface area contributed by atoms with Crippen molar-refractivity contribution in [3.63, 3.8) is 0 Å². The largest absolute Gasteiger partial charge is 0.467 e. The molecule has 0 atom stereocenters. The maximum atomic E-state index is 12.5. The van der Waals surface area contributed by atoms with Crippen molar-refractivity contribution in [1.29, 1.82) is 0 Å². The number of hydrogen-bond acceptors (Lipinski definition) is 8. The van der Waals surface area contributed by atoms with Gasteiger partial charge in [-0.25, -0.2) is 4.98 Å². The summed E-state index contributed by atoms with van der Waals surface area (Å²) in [6.07, 6.45) is 6.37. The molecule has 162 valence electrons. The van der Waals surface area contributed by atoms with Crippen molar-refractivity contribution in [3.8, 4) is 11.5 Å². The van der Waals surface area contributed by atoms with Crippen LogP contribution in [0.1, 0.15) is 12.7 Å². The van der Waals surface area contributed by atoms with E-state index in [1.54, 1.807) is 55.2 Å². The maximum absolute atomic E-state index is 12.5. The van der Waals surface area contributed by atoms with E-state index in [1.807, 2.05) is 10.6 Å². The van der Waals surface area contributed by atoms with Gasteiger partial charge in [-0.1, -0.05) is 11.8 Å². The first-order valence-electron chi connectivity index (χ1n) is 9.61. The number of thioether (sulfide) groups is 1. The third kappa shape index (κ3) is 5.38. The number of nitrogens with zero attached hydrogens (tertiary/aromatic N) is 5. The summed E-state index contributed by atoms with van der Waals surface area (Å²) in [6.45, 7) is 1.83. The summed E-state index contributed by atoms with van der Waals surface area (Å²) < 4.78 is 7.30. The average molecular weight is 449 g/mol. The number of amides is 2. The Hall–Kier alpha value is -3.99. The fraction of sp³-hybridized carbons (Fsp3) is 0.143. The summed E-state index contributed by atoms with van der Waals surface area (Å²) in [4.78, 5) is 31.9. The highest BCUT2D eigenvalue weighted by molar-refractivity contribution is 7.99. The number of carbonyl (C=O) groups is 2. The molecule has 0 fully saturated rings. The second-order valence-electron chi connectivity index (χ2n) is 6.66. The zero-order chi connectivity index (χ0) is 22.3. The highest BCUT2D eigenvalue weighted by Gasteiger charge is 2.18. The minimum atomic E-state index is -0.198. The van der Waals surface area contributed by atoms with Gasteiger partial charge in [-0.15, -0.1) is 10.2 Å².